The van der Waals surface area contributed by atoms with Gasteiger partial charge >= 0.3 is 11.9 Å². The van der Waals surface area contributed by atoms with Crippen LogP contribution in [0.3, 0.4) is 0 Å². The summed E-state index contributed by atoms with van der Waals surface area (Å²) in [6.07, 6.45) is 0.00390. The fourth-order valence-corrected chi connectivity index (χ4v) is 8.40. The first-order valence-corrected chi connectivity index (χ1v) is 16.2. The summed E-state index contributed by atoms with van der Waals surface area (Å²) in [6, 6.07) is 0. The minimum absolute atomic E-state index is 0.000902. The van der Waals surface area contributed by atoms with Crippen LogP contribution in [0.25, 0.3) is 0 Å². The number of hydrogen-bond acceptors (Lipinski definition) is 18. The molecule has 0 aromatic rings. The number of fused-ring (bicyclic) bond motifs is 5. The van der Waals surface area contributed by atoms with Gasteiger partial charge in [0.05, 0.1) is 49.9 Å². The number of rotatable bonds is 18. The van der Waals surface area contributed by atoms with Gasteiger partial charge in [0.1, 0.15) is 12.7 Å². The van der Waals surface area contributed by atoms with Gasteiger partial charge in [0.25, 0.3) is 0 Å². The van der Waals surface area contributed by atoms with E-state index in [0.717, 1.165) is 0 Å². The molecule has 18 nitrogen and oxygen atoms in total. The van der Waals surface area contributed by atoms with Crippen LogP contribution in [0.1, 0.15) is 52.4 Å². The van der Waals surface area contributed by atoms with Gasteiger partial charge in [-0.25, -0.2) is 14.0 Å². The highest BCUT2D eigenvalue weighted by Gasteiger charge is 2.78. The number of carbonyl (C=O) groups excluding carboxylic acids is 4. The molecule has 0 amide bonds. The summed E-state index contributed by atoms with van der Waals surface area (Å²) in [7, 11) is 0. The number of carbonyl (C=O) groups is 4. The Kier molecular flexibility index (Phi) is 13.0. The van der Waals surface area contributed by atoms with Gasteiger partial charge in [0.15, 0.2) is 18.1 Å². The number of aliphatic hydroxyl groups excluding tert-OH is 2. The van der Waals surface area contributed by atoms with Gasteiger partial charge in [-0.05, 0) is 57.1 Å². The summed E-state index contributed by atoms with van der Waals surface area (Å²) < 4.78 is 38.8. The van der Waals surface area contributed by atoms with Crippen molar-refractivity contribution in [3.63, 3.8) is 0 Å². The standard InChI is InChI=1S/C31H45FN2O16/c1-28-8-7-20(35)14-19(28)5-6-21-22-15-23(36)31(29(22,2)16-24(37)30(21,28)32,50-26(39)4-3-9-48-33(41)42)25(38)17-47-27(40)18-46-11-10-45-12-13-49-34(43)44/h7-8,14,21-24,36-37,41-44H,3-6,9-13,15-18H2,1-2H3/t21?,22?,23-,24+,28+,29+,30+,31+/m1/s1. The third-order valence-corrected chi connectivity index (χ3v) is 10.6. The minimum Gasteiger partial charge on any atom is -0.456 e. The predicted molar refractivity (Wildman–Crippen MR) is 158 cm³/mol. The quantitative estimate of drug-likeness (QED) is 0.0643. The van der Waals surface area contributed by atoms with Gasteiger partial charge in [-0.15, -0.1) is 0 Å². The molecule has 0 aliphatic heterocycles. The van der Waals surface area contributed by atoms with Crippen molar-refractivity contribution in [1.29, 1.82) is 0 Å². The Bertz CT molecular complexity index is 1330. The first-order valence-electron chi connectivity index (χ1n) is 16.2. The Morgan fingerprint density at radius 3 is 2.26 bits per heavy atom. The van der Waals surface area contributed by atoms with Crippen molar-refractivity contribution < 1.29 is 83.2 Å². The number of alkyl halides is 1. The summed E-state index contributed by atoms with van der Waals surface area (Å²) in [5, 5.41) is 56.7. The van der Waals surface area contributed by atoms with E-state index in [1.807, 2.05) is 0 Å². The second-order valence-corrected chi connectivity index (χ2v) is 13.3. The van der Waals surface area contributed by atoms with Crippen LogP contribution in [0.2, 0.25) is 0 Å². The molecule has 8 atom stereocenters. The van der Waals surface area contributed by atoms with E-state index in [1.165, 1.54) is 25.2 Å². The first-order chi connectivity index (χ1) is 23.5. The molecule has 3 fully saturated rings. The molecule has 50 heavy (non-hydrogen) atoms. The average Bonchev–Trinajstić information content (AvgIpc) is 3.26. The highest BCUT2D eigenvalue weighted by molar-refractivity contribution is 6.01. The molecule has 3 saturated carbocycles. The Hall–Kier alpha value is -2.79. The fraction of sp³-hybridized carbons (Fsp3) is 0.742. The topological polar surface area (TPSA) is 252 Å². The van der Waals surface area contributed by atoms with Gasteiger partial charge in [0, 0.05) is 23.2 Å². The molecular formula is C31H45FN2O16. The molecule has 0 radical (unpaired) electrons. The Morgan fingerprint density at radius 2 is 1.56 bits per heavy atom. The lowest BCUT2D eigenvalue weighted by atomic mass is 9.44. The van der Waals surface area contributed by atoms with Crippen molar-refractivity contribution in [3.8, 4) is 0 Å². The van der Waals surface area contributed by atoms with Crippen LogP contribution >= 0.6 is 0 Å². The molecule has 19 heteroatoms. The normalized spacial score (nSPS) is 34.6. The van der Waals surface area contributed by atoms with Crippen LogP contribution in [-0.2, 0) is 47.8 Å². The molecule has 0 bridgehead atoms. The molecule has 4 rings (SSSR count). The summed E-state index contributed by atoms with van der Waals surface area (Å²) in [5.74, 6) is -5.01. The van der Waals surface area contributed by atoms with Crippen LogP contribution in [0.15, 0.2) is 23.8 Å². The Balaban J connectivity index is 1.52. The summed E-state index contributed by atoms with van der Waals surface area (Å²) in [5.41, 5.74) is -7.08. The van der Waals surface area contributed by atoms with Gasteiger partial charge in [0.2, 0.25) is 11.4 Å². The van der Waals surface area contributed by atoms with Gasteiger partial charge in [-0.1, -0.05) is 18.6 Å². The molecule has 282 valence electrons. The number of ketones is 2. The van der Waals surface area contributed by atoms with E-state index in [0.29, 0.717) is 12.0 Å². The number of Topliss-reactive ketones (excluding diaryl/α,β-unsaturated/α-hetero) is 1. The van der Waals surface area contributed by atoms with Crippen molar-refractivity contribution in [1.82, 2.24) is 10.8 Å². The van der Waals surface area contributed by atoms with E-state index in [9.17, 15) is 29.4 Å². The number of ether oxygens (including phenoxy) is 4. The van der Waals surface area contributed by atoms with E-state index in [4.69, 9.17) is 39.8 Å². The summed E-state index contributed by atoms with van der Waals surface area (Å²) >= 11 is 0. The summed E-state index contributed by atoms with van der Waals surface area (Å²) in [4.78, 5) is 60.7. The van der Waals surface area contributed by atoms with Crippen LogP contribution in [0, 0.1) is 22.7 Å². The molecule has 0 heterocycles. The number of esters is 2. The molecule has 2 unspecified atom stereocenters. The maximum atomic E-state index is 17.6. The van der Waals surface area contributed by atoms with Crippen LogP contribution in [0.5, 0.6) is 0 Å². The molecule has 6 N–H and O–H groups in total. The van der Waals surface area contributed by atoms with E-state index < -0.39 is 101 Å². The molecular weight excluding hydrogens is 675 g/mol. The molecule has 0 spiro atoms. The van der Waals surface area contributed by atoms with Crippen LogP contribution in [-0.4, -0.2) is 135 Å². The Morgan fingerprint density at radius 1 is 0.900 bits per heavy atom. The average molecular weight is 721 g/mol. The first kappa shape index (κ1) is 40.0. The highest BCUT2D eigenvalue weighted by atomic mass is 19.1. The highest BCUT2D eigenvalue weighted by Crippen LogP contribution is 2.70. The third kappa shape index (κ3) is 7.69. The molecule has 0 saturated heterocycles. The van der Waals surface area contributed by atoms with Crippen molar-refractivity contribution in [2.45, 2.75) is 75.9 Å². The second-order valence-electron chi connectivity index (χ2n) is 13.3. The summed E-state index contributed by atoms with van der Waals surface area (Å²) in [6.45, 7) is 0.952. The van der Waals surface area contributed by atoms with Gasteiger partial charge in [-0.3, -0.25) is 40.1 Å². The second kappa shape index (κ2) is 16.3. The lowest BCUT2D eigenvalue weighted by Crippen LogP contribution is -2.70. The zero-order valence-electron chi connectivity index (χ0n) is 27.8. The predicted octanol–water partition coefficient (Wildman–Crippen LogP) is 0.560. The number of halogens is 1. The minimum atomic E-state index is -2.39. The SMILES string of the molecule is C[C@]12C=CC(=O)C=C1CCC1C3C[C@@H](O)[C@](OC(=O)CCCON(O)O)(C(=O)COC(=O)COCCOCCON(O)O)[C@@]3(C)C[C@H](O)[C@@]12F. The zero-order chi connectivity index (χ0) is 36.9. The number of aliphatic hydroxyl groups is 2. The molecule has 4 aliphatic carbocycles. The fourth-order valence-electron chi connectivity index (χ4n) is 8.40. The van der Waals surface area contributed by atoms with E-state index in [1.54, 1.807) is 6.92 Å². The lowest BCUT2D eigenvalue weighted by Gasteiger charge is -2.62. The van der Waals surface area contributed by atoms with E-state index >= 15 is 4.39 Å². The number of allylic oxidation sites excluding steroid dienone is 4. The maximum absolute atomic E-state index is 17.6. The monoisotopic (exact) mass is 720 g/mol. The van der Waals surface area contributed by atoms with Crippen molar-refractivity contribution in [2.75, 3.05) is 46.2 Å². The third-order valence-electron chi connectivity index (χ3n) is 10.6. The number of nitrogens with zero attached hydrogens (tertiary/aromatic N) is 2. The maximum Gasteiger partial charge on any atom is 0.332 e. The van der Waals surface area contributed by atoms with Crippen molar-refractivity contribution in [3.05, 3.63) is 23.8 Å². The Labute approximate surface area is 286 Å². The smallest absolute Gasteiger partial charge is 0.332 e. The van der Waals surface area contributed by atoms with Gasteiger partial charge in [-0.2, -0.15) is 0 Å². The number of hydrogen-bond donors (Lipinski definition) is 6. The van der Waals surface area contributed by atoms with Crippen molar-refractivity contribution in [2.24, 2.45) is 22.7 Å². The molecule has 0 aromatic heterocycles. The van der Waals surface area contributed by atoms with Crippen LogP contribution < -0.4 is 0 Å². The molecule has 4 aliphatic rings. The zero-order valence-corrected chi connectivity index (χ0v) is 27.8. The molecule has 0 aromatic carbocycles. The largest absolute Gasteiger partial charge is 0.456 e. The van der Waals surface area contributed by atoms with E-state index in [2.05, 4.69) is 9.68 Å². The van der Waals surface area contributed by atoms with Crippen LogP contribution in [0.4, 0.5) is 4.39 Å². The van der Waals surface area contributed by atoms with Crippen molar-refractivity contribution >= 4 is 23.5 Å². The lowest BCUT2D eigenvalue weighted by molar-refractivity contribution is -0.493. The van der Waals surface area contributed by atoms with Gasteiger partial charge < -0.3 is 29.2 Å². The van der Waals surface area contributed by atoms with E-state index in [-0.39, 0.29) is 58.1 Å².